The van der Waals surface area contributed by atoms with Gasteiger partial charge in [-0.15, -0.1) is 5.10 Å². The SMILES string of the molecule is Cc1cc(NC(=O)CSc2nn(-c3ccccc3)c(=S)s2)no1. The molecule has 0 saturated heterocycles. The van der Waals surface area contributed by atoms with E-state index in [0.717, 1.165) is 10.0 Å². The van der Waals surface area contributed by atoms with Crippen molar-refractivity contribution in [1.82, 2.24) is 14.9 Å². The number of amides is 1. The van der Waals surface area contributed by atoms with E-state index in [2.05, 4.69) is 15.6 Å². The van der Waals surface area contributed by atoms with Gasteiger partial charge in [-0.2, -0.15) is 0 Å². The molecule has 0 aliphatic heterocycles. The largest absolute Gasteiger partial charge is 0.360 e. The zero-order chi connectivity index (χ0) is 16.2. The Morgan fingerprint density at radius 3 is 2.91 bits per heavy atom. The van der Waals surface area contributed by atoms with Gasteiger partial charge >= 0.3 is 0 Å². The number of para-hydroxylation sites is 1. The summed E-state index contributed by atoms with van der Waals surface area (Å²) < 4.78 is 7.98. The fraction of sp³-hybridized carbons (Fsp3) is 0.143. The molecule has 23 heavy (non-hydrogen) atoms. The van der Waals surface area contributed by atoms with Crippen LogP contribution in [-0.4, -0.2) is 26.6 Å². The van der Waals surface area contributed by atoms with Crippen LogP contribution < -0.4 is 5.32 Å². The minimum absolute atomic E-state index is 0.171. The van der Waals surface area contributed by atoms with Crippen LogP contribution in [0.4, 0.5) is 5.82 Å². The molecule has 9 heteroatoms. The third kappa shape index (κ3) is 4.06. The van der Waals surface area contributed by atoms with Gasteiger partial charge in [-0.25, -0.2) is 4.68 Å². The molecular weight excluding hydrogens is 352 g/mol. The van der Waals surface area contributed by atoms with Crippen LogP contribution in [0, 0.1) is 10.9 Å². The molecule has 0 aliphatic rings. The lowest BCUT2D eigenvalue weighted by atomic mass is 10.3. The fourth-order valence-electron chi connectivity index (χ4n) is 1.78. The number of carbonyl (C=O) groups is 1. The summed E-state index contributed by atoms with van der Waals surface area (Å²) in [6.07, 6.45) is 0. The normalized spacial score (nSPS) is 10.7. The molecule has 0 atom stereocenters. The predicted octanol–water partition coefficient (Wildman–Crippen LogP) is 3.69. The van der Waals surface area contributed by atoms with Gasteiger partial charge in [0.2, 0.25) is 5.91 Å². The maximum atomic E-state index is 11.9. The maximum absolute atomic E-state index is 11.9. The number of hydrogen-bond donors (Lipinski definition) is 1. The lowest BCUT2D eigenvalue weighted by Crippen LogP contribution is -2.14. The summed E-state index contributed by atoms with van der Waals surface area (Å²) in [7, 11) is 0. The number of thioether (sulfide) groups is 1. The lowest BCUT2D eigenvalue weighted by Gasteiger charge is -2.00. The minimum Gasteiger partial charge on any atom is -0.360 e. The van der Waals surface area contributed by atoms with E-state index in [1.807, 2.05) is 30.3 Å². The Labute approximate surface area is 145 Å². The van der Waals surface area contributed by atoms with Crippen molar-refractivity contribution >= 4 is 47.0 Å². The highest BCUT2D eigenvalue weighted by molar-refractivity contribution is 8.01. The minimum atomic E-state index is -0.171. The first-order valence-corrected chi connectivity index (χ1v) is 8.84. The molecular formula is C14H12N4O2S3. The average molecular weight is 364 g/mol. The van der Waals surface area contributed by atoms with Gasteiger partial charge in [0.1, 0.15) is 5.76 Å². The summed E-state index contributed by atoms with van der Waals surface area (Å²) in [5.74, 6) is 1.11. The summed E-state index contributed by atoms with van der Waals surface area (Å²) in [5.41, 5.74) is 0.906. The monoisotopic (exact) mass is 364 g/mol. The number of hydrogen-bond acceptors (Lipinski definition) is 7. The molecule has 2 aromatic heterocycles. The van der Waals surface area contributed by atoms with Crippen molar-refractivity contribution in [2.75, 3.05) is 11.1 Å². The van der Waals surface area contributed by atoms with E-state index in [1.54, 1.807) is 17.7 Å². The molecule has 0 bridgehead atoms. The van der Waals surface area contributed by atoms with Crippen LogP contribution in [0.5, 0.6) is 0 Å². The Morgan fingerprint density at radius 2 is 2.22 bits per heavy atom. The van der Waals surface area contributed by atoms with Crippen molar-refractivity contribution in [2.24, 2.45) is 0 Å². The van der Waals surface area contributed by atoms with Gasteiger partial charge < -0.3 is 9.84 Å². The van der Waals surface area contributed by atoms with E-state index < -0.39 is 0 Å². The Hall–Kier alpha value is -1.97. The van der Waals surface area contributed by atoms with Gasteiger partial charge in [0.25, 0.3) is 0 Å². The van der Waals surface area contributed by atoms with Gasteiger partial charge in [-0.3, -0.25) is 4.79 Å². The standard InChI is InChI=1S/C14H12N4O2S3/c1-9-7-11(17-20-9)15-12(19)8-22-13-16-18(14(21)23-13)10-5-3-2-4-6-10/h2-7H,8H2,1H3,(H,15,17,19). The van der Waals surface area contributed by atoms with Crippen LogP contribution in [0.15, 0.2) is 45.3 Å². The highest BCUT2D eigenvalue weighted by atomic mass is 32.2. The molecule has 0 spiro atoms. The first-order chi connectivity index (χ1) is 11.1. The molecule has 0 saturated carbocycles. The molecule has 0 unspecified atom stereocenters. The van der Waals surface area contributed by atoms with Crippen LogP contribution >= 0.6 is 35.3 Å². The maximum Gasteiger partial charge on any atom is 0.236 e. The van der Waals surface area contributed by atoms with Crippen molar-refractivity contribution < 1.29 is 9.32 Å². The first-order valence-electron chi connectivity index (χ1n) is 6.63. The van der Waals surface area contributed by atoms with Gasteiger partial charge in [-0.1, -0.05) is 46.5 Å². The second-order valence-corrected chi connectivity index (χ2v) is 7.39. The molecule has 6 nitrogen and oxygen atoms in total. The molecule has 0 radical (unpaired) electrons. The smallest absolute Gasteiger partial charge is 0.236 e. The molecule has 3 aromatic rings. The van der Waals surface area contributed by atoms with Crippen LogP contribution in [-0.2, 0) is 4.79 Å². The quantitative estimate of drug-likeness (QED) is 0.550. The predicted molar refractivity (Wildman–Crippen MR) is 92.9 cm³/mol. The molecule has 118 valence electrons. The number of nitrogens with one attached hydrogen (secondary N) is 1. The number of aryl methyl sites for hydroxylation is 1. The zero-order valence-electron chi connectivity index (χ0n) is 12.1. The van der Waals surface area contributed by atoms with E-state index in [9.17, 15) is 4.79 Å². The summed E-state index contributed by atoms with van der Waals surface area (Å²) in [5, 5.41) is 10.8. The van der Waals surface area contributed by atoms with E-state index in [4.69, 9.17) is 16.7 Å². The summed E-state index contributed by atoms with van der Waals surface area (Å²) >= 11 is 8.04. The Bertz CT molecular complexity index is 870. The number of aromatic nitrogens is 3. The molecule has 1 amide bonds. The summed E-state index contributed by atoms with van der Waals surface area (Å²) in [6, 6.07) is 11.3. The third-order valence-corrected chi connectivity index (χ3v) is 5.12. The number of carbonyl (C=O) groups excluding carboxylic acids is 1. The summed E-state index contributed by atoms with van der Waals surface area (Å²) in [6.45, 7) is 1.76. The van der Waals surface area contributed by atoms with Crippen LogP contribution in [0.2, 0.25) is 0 Å². The van der Waals surface area contributed by atoms with Crippen LogP contribution in [0.25, 0.3) is 5.69 Å². The van der Waals surface area contributed by atoms with Crippen molar-refractivity contribution in [3.8, 4) is 5.69 Å². The topological polar surface area (TPSA) is 73.0 Å². The van der Waals surface area contributed by atoms with Gasteiger partial charge in [-0.05, 0) is 31.3 Å². The molecule has 3 rings (SSSR count). The average Bonchev–Trinajstić information content (AvgIpc) is 3.12. The molecule has 1 aromatic carbocycles. The number of anilines is 1. The fourth-order valence-corrected chi connectivity index (χ4v) is 3.94. The highest BCUT2D eigenvalue weighted by Gasteiger charge is 2.10. The zero-order valence-corrected chi connectivity index (χ0v) is 14.5. The number of benzene rings is 1. The highest BCUT2D eigenvalue weighted by Crippen LogP contribution is 2.24. The third-order valence-electron chi connectivity index (χ3n) is 2.75. The van der Waals surface area contributed by atoms with Crippen molar-refractivity contribution in [3.63, 3.8) is 0 Å². The molecule has 0 aliphatic carbocycles. The van der Waals surface area contributed by atoms with Crippen molar-refractivity contribution in [2.45, 2.75) is 11.3 Å². The van der Waals surface area contributed by atoms with E-state index in [1.165, 1.54) is 23.1 Å². The van der Waals surface area contributed by atoms with Crippen molar-refractivity contribution in [1.29, 1.82) is 0 Å². The molecule has 1 N–H and O–H groups in total. The van der Waals surface area contributed by atoms with E-state index in [0.29, 0.717) is 15.5 Å². The van der Waals surface area contributed by atoms with E-state index in [-0.39, 0.29) is 11.7 Å². The van der Waals surface area contributed by atoms with Gasteiger partial charge in [0.05, 0.1) is 11.4 Å². The Balaban J connectivity index is 1.63. The van der Waals surface area contributed by atoms with Crippen molar-refractivity contribution in [3.05, 3.63) is 46.1 Å². The Morgan fingerprint density at radius 1 is 1.43 bits per heavy atom. The van der Waals surface area contributed by atoms with Gasteiger partial charge in [0.15, 0.2) is 14.1 Å². The van der Waals surface area contributed by atoms with E-state index >= 15 is 0 Å². The molecule has 2 heterocycles. The van der Waals surface area contributed by atoms with Crippen LogP contribution in [0.3, 0.4) is 0 Å². The first kappa shape index (κ1) is 15.9. The number of nitrogens with zero attached hydrogens (tertiary/aromatic N) is 3. The molecule has 0 fully saturated rings. The Kier molecular flexibility index (Phi) is 4.89. The second-order valence-electron chi connectivity index (χ2n) is 4.54. The second kappa shape index (κ2) is 7.07. The lowest BCUT2D eigenvalue weighted by molar-refractivity contribution is -0.113. The van der Waals surface area contributed by atoms with Crippen LogP contribution in [0.1, 0.15) is 5.76 Å². The van der Waals surface area contributed by atoms with Gasteiger partial charge in [0, 0.05) is 6.07 Å². The number of rotatable bonds is 5. The summed E-state index contributed by atoms with van der Waals surface area (Å²) in [4.78, 5) is 11.9.